The molecule has 48 heavy (non-hydrogen) atoms. The van der Waals surface area contributed by atoms with E-state index in [1.807, 2.05) is 57.3 Å². The topological polar surface area (TPSA) is 130 Å². The van der Waals surface area contributed by atoms with Gasteiger partial charge >= 0.3 is 6.03 Å². The third-order valence-corrected chi connectivity index (χ3v) is 9.88. The van der Waals surface area contributed by atoms with E-state index in [-0.39, 0.29) is 35.0 Å². The molecule has 3 atom stereocenters. The van der Waals surface area contributed by atoms with E-state index >= 15 is 0 Å². The second-order valence-electron chi connectivity index (χ2n) is 15.2. The molecule has 3 heterocycles. The second-order valence-corrected chi connectivity index (χ2v) is 16.9. The number of ether oxygens (including phenoxy) is 1. The van der Waals surface area contributed by atoms with Crippen LogP contribution in [0, 0.1) is 5.41 Å². The molecule has 2 amide bonds. The fraction of sp³-hybridized carbons (Fsp3) is 0.472. The van der Waals surface area contributed by atoms with Crippen molar-refractivity contribution in [2.75, 3.05) is 29.9 Å². The molecular weight excluding hydrogens is 627 g/mol. The van der Waals surface area contributed by atoms with E-state index in [0.29, 0.717) is 11.4 Å². The monoisotopic (exact) mass is 673 g/mol. The maximum Gasteiger partial charge on any atom is 0.319 e. The first kappa shape index (κ1) is 33.7. The molecule has 0 radical (unpaired) electrons. The summed E-state index contributed by atoms with van der Waals surface area (Å²) >= 11 is 0. The van der Waals surface area contributed by atoms with Gasteiger partial charge < -0.3 is 15.4 Å². The summed E-state index contributed by atoms with van der Waals surface area (Å²) in [6.45, 7) is 11.7. The number of urea groups is 1. The van der Waals surface area contributed by atoms with Crippen molar-refractivity contribution < 1.29 is 17.9 Å². The van der Waals surface area contributed by atoms with Crippen LogP contribution in [0.25, 0.3) is 5.65 Å². The zero-order chi connectivity index (χ0) is 34.4. The number of hydrogen-bond acceptors (Lipinski definition) is 7. The molecule has 1 saturated heterocycles. The van der Waals surface area contributed by atoms with Gasteiger partial charge in [-0.05, 0) is 90.6 Å². The number of pyridine rings is 1. The standard InChI is InChI=1S/C36H47N7O4S/c1-35(2,3)23-17-24(19-25(18-23)41-48(7,45)46)37-34(44)38-29-13-10-14-31(28-12-9-8-11-27(28)29)47-26-15-16-32-39-40-33(43(32)21-26)30-20-36(4,5)22-42(30)6/h8-9,11-12,15-19,21,29-31,41H,10,13-14,20,22H2,1-7H3,(H2,37,38,44)/t29-,30-,31+/m0/s1. The molecule has 6 rings (SSSR count). The molecule has 2 aromatic heterocycles. The Hall–Kier alpha value is -4.16. The number of anilines is 2. The van der Waals surface area contributed by atoms with Crippen molar-refractivity contribution in [2.24, 2.45) is 5.41 Å². The molecule has 2 aromatic carbocycles. The molecule has 2 aliphatic rings. The van der Waals surface area contributed by atoms with Gasteiger partial charge in [0.15, 0.2) is 11.5 Å². The van der Waals surface area contributed by atoms with Crippen LogP contribution in [0.15, 0.2) is 60.8 Å². The highest BCUT2D eigenvalue weighted by atomic mass is 32.2. The average molecular weight is 674 g/mol. The number of benzene rings is 2. The van der Waals surface area contributed by atoms with E-state index < -0.39 is 10.0 Å². The molecule has 0 saturated carbocycles. The van der Waals surface area contributed by atoms with Gasteiger partial charge in [0.2, 0.25) is 10.0 Å². The molecule has 1 fully saturated rings. The molecular formula is C36H47N7O4S. The Morgan fingerprint density at radius 2 is 1.73 bits per heavy atom. The summed E-state index contributed by atoms with van der Waals surface area (Å²) in [5, 5.41) is 15.1. The van der Waals surface area contributed by atoms with Crippen LogP contribution in [0.4, 0.5) is 16.2 Å². The van der Waals surface area contributed by atoms with Gasteiger partial charge in [0.05, 0.1) is 30.2 Å². The van der Waals surface area contributed by atoms with E-state index in [1.165, 1.54) is 0 Å². The van der Waals surface area contributed by atoms with Crippen LogP contribution < -0.4 is 20.1 Å². The first-order valence-electron chi connectivity index (χ1n) is 16.6. The third-order valence-electron chi connectivity index (χ3n) is 9.28. The molecule has 4 aromatic rings. The summed E-state index contributed by atoms with van der Waals surface area (Å²) in [5.41, 5.74) is 4.58. The van der Waals surface area contributed by atoms with Gasteiger partial charge in [-0.3, -0.25) is 14.0 Å². The van der Waals surface area contributed by atoms with Crippen molar-refractivity contribution in [1.82, 2.24) is 24.8 Å². The summed E-state index contributed by atoms with van der Waals surface area (Å²) in [7, 11) is -1.35. The van der Waals surface area contributed by atoms with Crippen molar-refractivity contribution in [3.05, 3.63) is 83.3 Å². The smallest absolute Gasteiger partial charge is 0.319 e. The van der Waals surface area contributed by atoms with Crippen molar-refractivity contribution in [2.45, 2.75) is 83.9 Å². The van der Waals surface area contributed by atoms with Gasteiger partial charge in [-0.15, -0.1) is 10.2 Å². The van der Waals surface area contributed by atoms with Crippen LogP contribution in [0.2, 0.25) is 0 Å². The number of rotatable bonds is 7. The molecule has 0 spiro atoms. The van der Waals surface area contributed by atoms with Crippen molar-refractivity contribution in [1.29, 1.82) is 0 Å². The Bertz CT molecular complexity index is 1930. The minimum absolute atomic E-state index is 0.181. The molecule has 0 bridgehead atoms. The number of hydrogen-bond donors (Lipinski definition) is 3. The zero-order valence-corrected chi connectivity index (χ0v) is 29.7. The maximum atomic E-state index is 13.4. The number of fused-ring (bicyclic) bond motifs is 2. The number of carbonyl (C=O) groups excluding carboxylic acids is 1. The molecule has 0 unspecified atom stereocenters. The van der Waals surface area contributed by atoms with Crippen LogP contribution in [0.3, 0.4) is 0 Å². The van der Waals surface area contributed by atoms with Crippen LogP contribution in [0.5, 0.6) is 5.75 Å². The van der Waals surface area contributed by atoms with E-state index in [0.717, 1.165) is 72.4 Å². The Labute approximate surface area is 283 Å². The quantitative estimate of drug-likeness (QED) is 0.181. The number of sulfonamides is 1. The lowest BCUT2D eigenvalue weighted by Crippen LogP contribution is -2.33. The predicted octanol–water partition coefficient (Wildman–Crippen LogP) is 6.97. The molecule has 12 heteroatoms. The first-order valence-corrected chi connectivity index (χ1v) is 18.5. The molecule has 256 valence electrons. The summed E-state index contributed by atoms with van der Waals surface area (Å²) in [6.07, 6.45) is 6.29. The highest BCUT2D eigenvalue weighted by Gasteiger charge is 2.38. The van der Waals surface area contributed by atoms with Gasteiger partial charge in [-0.2, -0.15) is 0 Å². The SMILES string of the molecule is CN1CC(C)(C)C[C@H]1c1nnc2ccc(O[C@@H]3CCC[C@H](NC(=O)Nc4cc(NS(C)(=O)=O)cc(C(C)(C)C)c4)c4ccccc43)cn12. The Morgan fingerprint density at radius 3 is 2.42 bits per heavy atom. The highest BCUT2D eigenvalue weighted by Crippen LogP contribution is 2.42. The Morgan fingerprint density at radius 1 is 1.00 bits per heavy atom. The van der Waals surface area contributed by atoms with Crippen molar-refractivity contribution in [3.8, 4) is 5.75 Å². The average Bonchev–Trinajstić information content (AvgIpc) is 3.46. The highest BCUT2D eigenvalue weighted by molar-refractivity contribution is 7.92. The number of carbonyl (C=O) groups is 1. The van der Waals surface area contributed by atoms with Gasteiger partial charge in [-0.1, -0.05) is 58.9 Å². The van der Waals surface area contributed by atoms with E-state index in [1.54, 1.807) is 12.1 Å². The number of aromatic nitrogens is 3. The lowest BCUT2D eigenvalue weighted by Gasteiger charge is -2.24. The zero-order valence-electron chi connectivity index (χ0n) is 28.9. The summed E-state index contributed by atoms with van der Waals surface area (Å²) in [5.74, 6) is 1.66. The predicted molar refractivity (Wildman–Crippen MR) is 189 cm³/mol. The minimum Gasteiger partial charge on any atom is -0.484 e. The number of likely N-dealkylation sites (tertiary alicyclic amines) is 1. The van der Waals surface area contributed by atoms with Gasteiger partial charge in [0.1, 0.15) is 11.9 Å². The number of nitrogens with one attached hydrogen (secondary N) is 3. The lowest BCUT2D eigenvalue weighted by molar-refractivity contribution is 0.192. The fourth-order valence-corrected chi connectivity index (χ4v) is 7.66. The van der Waals surface area contributed by atoms with Crippen LogP contribution in [-0.4, -0.2) is 53.8 Å². The Kier molecular flexibility index (Phi) is 8.93. The van der Waals surface area contributed by atoms with Crippen LogP contribution >= 0.6 is 0 Å². The lowest BCUT2D eigenvalue weighted by atomic mass is 9.86. The summed E-state index contributed by atoms with van der Waals surface area (Å²) in [6, 6.07) is 16.9. The Balaban J connectivity index is 1.21. The molecule has 11 nitrogen and oxygen atoms in total. The summed E-state index contributed by atoms with van der Waals surface area (Å²) < 4.78 is 35.2. The summed E-state index contributed by atoms with van der Waals surface area (Å²) in [4.78, 5) is 15.8. The second kappa shape index (κ2) is 12.7. The number of amides is 2. The minimum atomic E-state index is -3.49. The van der Waals surface area contributed by atoms with Crippen LogP contribution in [-0.2, 0) is 15.4 Å². The molecule has 3 N–H and O–H groups in total. The normalized spacial score (nSPS) is 21.4. The van der Waals surface area contributed by atoms with Crippen molar-refractivity contribution >= 4 is 33.1 Å². The van der Waals surface area contributed by atoms with E-state index in [4.69, 9.17) is 4.74 Å². The number of nitrogens with zero attached hydrogens (tertiary/aromatic N) is 4. The maximum absolute atomic E-state index is 13.4. The third kappa shape index (κ3) is 7.60. The first-order chi connectivity index (χ1) is 22.5. The van der Waals surface area contributed by atoms with Gasteiger partial charge in [0, 0.05) is 12.2 Å². The van der Waals surface area contributed by atoms with Crippen LogP contribution in [0.1, 0.15) is 101 Å². The molecule has 1 aliphatic heterocycles. The fourth-order valence-electron chi connectivity index (χ4n) is 7.11. The van der Waals surface area contributed by atoms with E-state index in [9.17, 15) is 13.2 Å². The van der Waals surface area contributed by atoms with Crippen molar-refractivity contribution in [3.63, 3.8) is 0 Å². The van der Waals surface area contributed by atoms with Gasteiger partial charge in [-0.25, -0.2) is 13.2 Å². The largest absolute Gasteiger partial charge is 0.484 e. The molecule has 1 aliphatic carbocycles. The van der Waals surface area contributed by atoms with E-state index in [2.05, 4.69) is 67.9 Å². The van der Waals surface area contributed by atoms with Gasteiger partial charge in [0.25, 0.3) is 0 Å².